The molecule has 0 unspecified atom stereocenters. The van der Waals surface area contributed by atoms with Gasteiger partial charge in [-0.05, 0) is 25.3 Å². The molecule has 0 spiro atoms. The van der Waals surface area contributed by atoms with Crippen molar-refractivity contribution in [3.63, 3.8) is 0 Å². The van der Waals surface area contributed by atoms with Gasteiger partial charge in [-0.25, -0.2) is 0 Å². The minimum Gasteiger partial charge on any atom is -0.340 e. The van der Waals surface area contributed by atoms with Gasteiger partial charge >= 0.3 is 0 Å². The Balaban J connectivity index is 1.24. The molecule has 0 bridgehead atoms. The molecule has 3 aliphatic rings. The van der Waals surface area contributed by atoms with Crippen LogP contribution in [0.1, 0.15) is 43.2 Å². The van der Waals surface area contributed by atoms with E-state index in [1.807, 2.05) is 4.90 Å². The van der Waals surface area contributed by atoms with Gasteiger partial charge < -0.3 is 4.90 Å². The Bertz CT molecular complexity index is 761. The number of likely N-dealkylation sites (tertiary alicyclic amines) is 1. The third-order valence-corrected chi connectivity index (χ3v) is 6.70. The van der Waals surface area contributed by atoms with Crippen LogP contribution in [0.3, 0.4) is 0 Å². The zero-order valence-electron chi connectivity index (χ0n) is 17.3. The fraction of sp³-hybridized carbons (Fsp3) is 0.609. The molecular formula is C23H31N3O3. The second-order valence-electron chi connectivity index (χ2n) is 8.72. The van der Waals surface area contributed by atoms with Gasteiger partial charge in [-0.15, -0.1) is 0 Å². The molecule has 156 valence electrons. The number of rotatable bonds is 5. The number of amides is 3. The predicted octanol–water partition coefficient (Wildman–Crippen LogP) is 2.20. The van der Waals surface area contributed by atoms with E-state index in [0.29, 0.717) is 13.1 Å². The van der Waals surface area contributed by atoms with E-state index in [0.717, 1.165) is 45.3 Å². The number of imide groups is 1. The minimum absolute atomic E-state index is 0.0459. The number of fused-ring (bicyclic) bond motifs is 1. The molecule has 6 heteroatoms. The summed E-state index contributed by atoms with van der Waals surface area (Å²) in [6, 6.07) is 8.54. The highest BCUT2D eigenvalue weighted by atomic mass is 16.2. The topological polar surface area (TPSA) is 60.9 Å². The quantitative estimate of drug-likeness (QED) is 0.715. The van der Waals surface area contributed by atoms with Crippen molar-refractivity contribution in [3.8, 4) is 0 Å². The molecular weight excluding hydrogens is 366 g/mol. The van der Waals surface area contributed by atoms with Crippen LogP contribution < -0.4 is 0 Å². The molecule has 2 atom stereocenters. The highest BCUT2D eigenvalue weighted by molar-refractivity contribution is 6.05. The van der Waals surface area contributed by atoms with Crippen molar-refractivity contribution in [2.24, 2.45) is 11.8 Å². The summed E-state index contributed by atoms with van der Waals surface area (Å²) in [5, 5.41) is 0. The lowest BCUT2D eigenvalue weighted by Gasteiger charge is -2.35. The molecule has 0 radical (unpaired) electrons. The Kier molecular flexibility index (Phi) is 5.99. The van der Waals surface area contributed by atoms with Crippen molar-refractivity contribution in [1.82, 2.24) is 14.7 Å². The van der Waals surface area contributed by atoms with Crippen LogP contribution in [-0.4, -0.2) is 65.1 Å². The summed E-state index contributed by atoms with van der Waals surface area (Å²) in [6.45, 7) is 6.37. The van der Waals surface area contributed by atoms with Crippen molar-refractivity contribution in [2.75, 3.05) is 32.7 Å². The number of benzene rings is 1. The van der Waals surface area contributed by atoms with Crippen molar-refractivity contribution >= 4 is 17.7 Å². The van der Waals surface area contributed by atoms with Gasteiger partial charge in [0, 0.05) is 45.7 Å². The van der Waals surface area contributed by atoms with Gasteiger partial charge in [0.05, 0.1) is 11.8 Å². The van der Waals surface area contributed by atoms with E-state index in [1.165, 1.54) is 16.0 Å². The molecule has 4 rings (SSSR count). The average Bonchev–Trinajstić information content (AvgIpc) is 2.97. The largest absolute Gasteiger partial charge is 0.340 e. The van der Waals surface area contributed by atoms with Gasteiger partial charge in [0.1, 0.15) is 0 Å². The fourth-order valence-corrected chi connectivity index (χ4v) is 5.04. The molecule has 1 aliphatic carbocycles. The highest BCUT2D eigenvalue weighted by Gasteiger charge is 2.47. The lowest BCUT2D eigenvalue weighted by Crippen LogP contribution is -2.49. The first kappa shape index (κ1) is 20.1. The van der Waals surface area contributed by atoms with Gasteiger partial charge in [-0.3, -0.25) is 24.2 Å². The predicted molar refractivity (Wildman–Crippen MR) is 110 cm³/mol. The van der Waals surface area contributed by atoms with Crippen LogP contribution in [0.25, 0.3) is 0 Å². The van der Waals surface area contributed by atoms with Crippen LogP contribution in [-0.2, 0) is 20.9 Å². The van der Waals surface area contributed by atoms with Gasteiger partial charge in [-0.2, -0.15) is 0 Å². The minimum atomic E-state index is -0.128. The van der Waals surface area contributed by atoms with Gasteiger partial charge in [0.25, 0.3) is 0 Å². The first-order chi connectivity index (χ1) is 14.0. The fourth-order valence-electron chi connectivity index (χ4n) is 5.04. The van der Waals surface area contributed by atoms with Crippen molar-refractivity contribution < 1.29 is 14.4 Å². The van der Waals surface area contributed by atoms with E-state index in [9.17, 15) is 14.4 Å². The number of hydrogen-bond donors (Lipinski definition) is 0. The Morgan fingerprint density at radius 2 is 1.66 bits per heavy atom. The molecule has 0 N–H and O–H groups in total. The van der Waals surface area contributed by atoms with Crippen LogP contribution in [0.15, 0.2) is 24.3 Å². The number of hydrogen-bond acceptors (Lipinski definition) is 4. The first-order valence-electron chi connectivity index (χ1n) is 10.9. The molecule has 1 aromatic rings. The van der Waals surface area contributed by atoms with E-state index in [1.54, 1.807) is 0 Å². The molecule has 2 aliphatic heterocycles. The zero-order chi connectivity index (χ0) is 20.4. The summed E-state index contributed by atoms with van der Waals surface area (Å²) in [4.78, 5) is 43.4. The molecule has 1 aromatic carbocycles. The summed E-state index contributed by atoms with van der Waals surface area (Å²) in [7, 11) is 0. The lowest BCUT2D eigenvalue weighted by atomic mass is 9.81. The Labute approximate surface area is 172 Å². The zero-order valence-corrected chi connectivity index (χ0v) is 17.3. The maximum atomic E-state index is 12.7. The normalized spacial score (nSPS) is 25.4. The van der Waals surface area contributed by atoms with E-state index in [-0.39, 0.29) is 42.5 Å². The summed E-state index contributed by atoms with van der Waals surface area (Å²) in [5.74, 6) is -0.297. The number of piperazine rings is 1. The van der Waals surface area contributed by atoms with Gasteiger partial charge in [-0.1, -0.05) is 42.7 Å². The number of aryl methyl sites for hydroxylation is 1. The molecule has 1 saturated carbocycles. The van der Waals surface area contributed by atoms with Crippen LogP contribution in [0.2, 0.25) is 0 Å². The summed E-state index contributed by atoms with van der Waals surface area (Å²) in [6.07, 6.45) is 3.94. The van der Waals surface area contributed by atoms with Crippen LogP contribution in [0, 0.1) is 18.8 Å². The second kappa shape index (κ2) is 8.66. The van der Waals surface area contributed by atoms with Crippen LogP contribution in [0.5, 0.6) is 0 Å². The first-order valence-corrected chi connectivity index (χ1v) is 10.9. The summed E-state index contributed by atoms with van der Waals surface area (Å²) in [5.41, 5.74) is 2.57. The number of nitrogens with zero attached hydrogens (tertiary/aromatic N) is 3. The number of carbonyl (C=O) groups is 3. The molecule has 0 aromatic heterocycles. The van der Waals surface area contributed by atoms with Crippen LogP contribution in [0.4, 0.5) is 0 Å². The second-order valence-corrected chi connectivity index (χ2v) is 8.72. The highest BCUT2D eigenvalue weighted by Crippen LogP contribution is 2.38. The maximum Gasteiger partial charge on any atom is 0.233 e. The summed E-state index contributed by atoms with van der Waals surface area (Å²) < 4.78 is 0. The molecule has 3 fully saturated rings. The van der Waals surface area contributed by atoms with Crippen molar-refractivity contribution in [3.05, 3.63) is 35.4 Å². The van der Waals surface area contributed by atoms with E-state index >= 15 is 0 Å². The Morgan fingerprint density at radius 1 is 1.00 bits per heavy atom. The van der Waals surface area contributed by atoms with Crippen molar-refractivity contribution in [2.45, 2.75) is 45.6 Å². The van der Waals surface area contributed by atoms with Gasteiger partial charge in [0.2, 0.25) is 17.7 Å². The Morgan fingerprint density at radius 3 is 2.28 bits per heavy atom. The smallest absolute Gasteiger partial charge is 0.233 e. The summed E-state index contributed by atoms with van der Waals surface area (Å²) >= 11 is 0. The van der Waals surface area contributed by atoms with Crippen LogP contribution >= 0.6 is 0 Å². The van der Waals surface area contributed by atoms with E-state index in [2.05, 4.69) is 36.1 Å². The maximum absolute atomic E-state index is 12.7. The van der Waals surface area contributed by atoms with Crippen molar-refractivity contribution in [1.29, 1.82) is 0 Å². The standard InChI is InChI=1S/C23H31N3O3/c1-17-5-4-6-18(15-17)16-24-11-13-25(14-12-24)21(27)9-10-26-22(28)19-7-2-3-8-20(19)23(26)29/h4-6,15,19-20H,2-3,7-14,16H2,1H3/t19-,20-/m0/s1. The molecule has 29 heavy (non-hydrogen) atoms. The third kappa shape index (κ3) is 4.37. The molecule has 2 heterocycles. The van der Waals surface area contributed by atoms with E-state index < -0.39 is 0 Å². The van der Waals surface area contributed by atoms with Gasteiger partial charge in [0.15, 0.2) is 0 Å². The molecule has 2 saturated heterocycles. The Hall–Kier alpha value is -2.21. The molecule has 6 nitrogen and oxygen atoms in total. The average molecular weight is 398 g/mol. The molecule has 3 amide bonds. The lowest BCUT2D eigenvalue weighted by molar-refractivity contribution is -0.141. The monoisotopic (exact) mass is 397 g/mol. The number of carbonyl (C=O) groups excluding carboxylic acids is 3. The van der Waals surface area contributed by atoms with E-state index in [4.69, 9.17) is 0 Å². The SMILES string of the molecule is Cc1cccc(CN2CCN(C(=O)CCN3C(=O)[C@H]4CCCC[C@@H]4C3=O)CC2)c1. The third-order valence-electron chi connectivity index (χ3n) is 6.70.